The molecule has 1 fully saturated rings. The lowest BCUT2D eigenvalue weighted by Crippen LogP contribution is -2.42. The molecule has 108 valence electrons. The van der Waals surface area contributed by atoms with Crippen molar-refractivity contribution in [2.24, 2.45) is 5.92 Å². The normalized spacial score (nSPS) is 16.6. The molecule has 1 aromatic rings. The van der Waals surface area contributed by atoms with Gasteiger partial charge in [-0.05, 0) is 24.5 Å². The Morgan fingerprint density at radius 1 is 1.30 bits per heavy atom. The highest BCUT2D eigenvalue weighted by Crippen LogP contribution is 2.20. The average Bonchev–Trinajstić information content (AvgIpc) is 2.41. The summed E-state index contributed by atoms with van der Waals surface area (Å²) in [7, 11) is 0. The Labute approximate surface area is 119 Å². The second-order valence-electron chi connectivity index (χ2n) is 5.33. The molecule has 2 rings (SSSR count). The van der Waals surface area contributed by atoms with Crippen LogP contribution < -0.4 is 5.32 Å². The Kier molecular flexibility index (Phi) is 4.71. The molecule has 1 aromatic heterocycles. The summed E-state index contributed by atoms with van der Waals surface area (Å²) in [6, 6.07) is 5.62. The molecule has 5 nitrogen and oxygen atoms in total. The minimum Gasteiger partial charge on any atom is -0.370 e. The zero-order valence-electron chi connectivity index (χ0n) is 12.1. The van der Waals surface area contributed by atoms with E-state index >= 15 is 0 Å². The van der Waals surface area contributed by atoms with Crippen LogP contribution in [-0.4, -0.2) is 28.2 Å². The summed E-state index contributed by atoms with van der Waals surface area (Å²) in [4.78, 5) is 29.6. The molecule has 0 radical (unpaired) electrons. The number of imide groups is 1. The highest BCUT2D eigenvalue weighted by molar-refractivity contribution is 5.97. The van der Waals surface area contributed by atoms with Crippen LogP contribution in [-0.2, 0) is 16.1 Å². The van der Waals surface area contributed by atoms with Gasteiger partial charge in [0, 0.05) is 19.4 Å². The van der Waals surface area contributed by atoms with Crippen LogP contribution >= 0.6 is 0 Å². The Morgan fingerprint density at radius 2 is 2.00 bits per heavy atom. The van der Waals surface area contributed by atoms with E-state index in [-0.39, 0.29) is 24.3 Å². The third-order valence-corrected chi connectivity index (χ3v) is 3.33. The maximum absolute atomic E-state index is 11.9. The summed E-state index contributed by atoms with van der Waals surface area (Å²) >= 11 is 0. The first-order valence-corrected chi connectivity index (χ1v) is 7.13. The Hall–Kier alpha value is -1.91. The minimum atomic E-state index is -0.0949. The lowest BCUT2D eigenvalue weighted by atomic mass is 9.98. The van der Waals surface area contributed by atoms with Crippen LogP contribution in [0.4, 0.5) is 5.82 Å². The van der Waals surface area contributed by atoms with E-state index in [1.54, 1.807) is 0 Å². The summed E-state index contributed by atoms with van der Waals surface area (Å²) < 4.78 is 0. The molecule has 0 spiro atoms. The van der Waals surface area contributed by atoms with Gasteiger partial charge in [-0.1, -0.05) is 19.9 Å². The number of aromatic nitrogens is 1. The van der Waals surface area contributed by atoms with E-state index in [0.717, 1.165) is 24.5 Å². The third kappa shape index (κ3) is 3.56. The highest BCUT2D eigenvalue weighted by atomic mass is 16.2. The first-order chi connectivity index (χ1) is 9.60. The van der Waals surface area contributed by atoms with Crippen molar-refractivity contribution >= 4 is 17.6 Å². The fourth-order valence-corrected chi connectivity index (χ4v) is 2.29. The number of carbonyl (C=O) groups is 2. The lowest BCUT2D eigenvalue weighted by molar-refractivity contribution is -0.150. The number of nitrogens with zero attached hydrogens (tertiary/aromatic N) is 2. The zero-order valence-corrected chi connectivity index (χ0v) is 12.1. The van der Waals surface area contributed by atoms with E-state index in [9.17, 15) is 9.59 Å². The molecule has 20 heavy (non-hydrogen) atoms. The summed E-state index contributed by atoms with van der Waals surface area (Å²) in [6.07, 6.45) is 1.91. The molecule has 0 unspecified atom stereocenters. The predicted octanol–water partition coefficient (Wildman–Crippen LogP) is 2.19. The number of rotatable bonds is 5. The highest BCUT2D eigenvalue weighted by Gasteiger charge is 2.30. The molecule has 0 aromatic carbocycles. The summed E-state index contributed by atoms with van der Waals surface area (Å²) in [6.45, 7) is 5.14. The third-order valence-electron chi connectivity index (χ3n) is 3.33. The van der Waals surface area contributed by atoms with E-state index < -0.39 is 0 Å². The number of hydrogen-bond donors (Lipinski definition) is 1. The van der Waals surface area contributed by atoms with Crippen LogP contribution in [0.25, 0.3) is 0 Å². The smallest absolute Gasteiger partial charge is 0.229 e. The number of likely N-dealkylation sites (tertiary alicyclic amines) is 1. The van der Waals surface area contributed by atoms with Crippen LogP contribution in [0, 0.1) is 5.92 Å². The number of pyridine rings is 1. The SMILES string of the molecule is CCCNc1cccc(CN2C(=O)CC(C)CC2=O)n1. The predicted molar refractivity (Wildman–Crippen MR) is 77.0 cm³/mol. The van der Waals surface area contributed by atoms with Gasteiger partial charge in [-0.25, -0.2) is 4.98 Å². The molecule has 0 atom stereocenters. The topological polar surface area (TPSA) is 62.3 Å². The number of piperidine rings is 1. The number of hydrogen-bond acceptors (Lipinski definition) is 4. The van der Waals surface area contributed by atoms with Gasteiger partial charge in [0.25, 0.3) is 0 Å². The monoisotopic (exact) mass is 275 g/mol. The van der Waals surface area contributed by atoms with Gasteiger partial charge in [-0.2, -0.15) is 0 Å². The quantitative estimate of drug-likeness (QED) is 0.837. The molecule has 1 aliphatic rings. The van der Waals surface area contributed by atoms with Crippen molar-refractivity contribution in [2.45, 2.75) is 39.7 Å². The summed E-state index contributed by atoms with van der Waals surface area (Å²) in [5.41, 5.74) is 0.738. The van der Waals surface area contributed by atoms with Crippen molar-refractivity contribution in [2.75, 3.05) is 11.9 Å². The second-order valence-corrected chi connectivity index (χ2v) is 5.33. The van der Waals surface area contributed by atoms with Crippen molar-refractivity contribution in [1.29, 1.82) is 0 Å². The van der Waals surface area contributed by atoms with Gasteiger partial charge in [0.05, 0.1) is 12.2 Å². The van der Waals surface area contributed by atoms with Crippen LogP contribution in [0.1, 0.15) is 38.8 Å². The van der Waals surface area contributed by atoms with Gasteiger partial charge in [-0.15, -0.1) is 0 Å². The van der Waals surface area contributed by atoms with Crippen molar-refractivity contribution in [1.82, 2.24) is 9.88 Å². The van der Waals surface area contributed by atoms with E-state index in [1.165, 1.54) is 4.90 Å². The Bertz CT molecular complexity index is 484. The van der Waals surface area contributed by atoms with E-state index in [4.69, 9.17) is 0 Å². The largest absolute Gasteiger partial charge is 0.370 e. The molecule has 2 amide bonds. The average molecular weight is 275 g/mol. The molecule has 5 heteroatoms. The number of nitrogens with one attached hydrogen (secondary N) is 1. The van der Waals surface area contributed by atoms with Gasteiger partial charge < -0.3 is 5.32 Å². The molecular weight excluding hydrogens is 254 g/mol. The molecule has 1 saturated heterocycles. The molecule has 2 heterocycles. The molecular formula is C15H21N3O2. The fourth-order valence-electron chi connectivity index (χ4n) is 2.29. The van der Waals surface area contributed by atoms with E-state index in [1.807, 2.05) is 25.1 Å². The standard InChI is InChI=1S/C15H21N3O2/c1-3-7-16-13-6-4-5-12(17-13)10-18-14(19)8-11(2)9-15(18)20/h4-6,11H,3,7-10H2,1-2H3,(H,16,17). The zero-order chi connectivity index (χ0) is 14.5. The fraction of sp³-hybridized carbons (Fsp3) is 0.533. The second kappa shape index (κ2) is 6.50. The van der Waals surface area contributed by atoms with Gasteiger partial charge in [0.1, 0.15) is 5.82 Å². The van der Waals surface area contributed by atoms with Crippen molar-refractivity contribution in [3.63, 3.8) is 0 Å². The minimum absolute atomic E-state index is 0.0949. The van der Waals surface area contributed by atoms with Crippen molar-refractivity contribution in [3.8, 4) is 0 Å². The van der Waals surface area contributed by atoms with Crippen LogP contribution in [0.5, 0.6) is 0 Å². The number of carbonyl (C=O) groups excluding carboxylic acids is 2. The molecule has 1 N–H and O–H groups in total. The summed E-state index contributed by atoms with van der Waals surface area (Å²) in [5.74, 6) is 0.747. The molecule has 0 aliphatic carbocycles. The number of anilines is 1. The van der Waals surface area contributed by atoms with Gasteiger partial charge in [0.15, 0.2) is 0 Å². The van der Waals surface area contributed by atoms with E-state index in [2.05, 4.69) is 17.2 Å². The maximum Gasteiger partial charge on any atom is 0.229 e. The van der Waals surface area contributed by atoms with Crippen molar-refractivity contribution in [3.05, 3.63) is 23.9 Å². The summed E-state index contributed by atoms with van der Waals surface area (Å²) in [5, 5.41) is 3.20. The van der Waals surface area contributed by atoms with Crippen LogP contribution in [0.2, 0.25) is 0 Å². The maximum atomic E-state index is 11.9. The Balaban J connectivity index is 2.05. The molecule has 0 bridgehead atoms. The van der Waals surface area contributed by atoms with Crippen molar-refractivity contribution < 1.29 is 9.59 Å². The van der Waals surface area contributed by atoms with E-state index in [0.29, 0.717) is 12.8 Å². The first-order valence-electron chi connectivity index (χ1n) is 7.13. The Morgan fingerprint density at radius 3 is 2.65 bits per heavy atom. The first kappa shape index (κ1) is 14.5. The molecule has 1 aliphatic heterocycles. The number of amides is 2. The van der Waals surface area contributed by atoms with Crippen LogP contribution in [0.15, 0.2) is 18.2 Å². The van der Waals surface area contributed by atoms with Gasteiger partial charge in [-0.3, -0.25) is 14.5 Å². The van der Waals surface area contributed by atoms with Gasteiger partial charge >= 0.3 is 0 Å². The van der Waals surface area contributed by atoms with Gasteiger partial charge in [0.2, 0.25) is 11.8 Å². The molecule has 0 saturated carbocycles. The van der Waals surface area contributed by atoms with Crippen LogP contribution in [0.3, 0.4) is 0 Å². The lowest BCUT2D eigenvalue weighted by Gasteiger charge is -2.28.